The largest absolute Gasteiger partial charge is 0.508 e. The van der Waals surface area contributed by atoms with Gasteiger partial charge in [-0.2, -0.15) is 0 Å². The number of nitrogens with one attached hydrogen (secondary N) is 3. The van der Waals surface area contributed by atoms with Crippen LogP contribution in [-0.4, -0.2) is 95.5 Å². The number of thioether (sulfide) groups is 2. The quantitative estimate of drug-likeness (QED) is 0.162. The molecular formula is C36H36N6O9S2. The number of aliphatic carboxylic acids is 1. The molecule has 4 aliphatic rings. The number of carbonyl (C=O) groups excluding carboxylic acids is 5. The van der Waals surface area contributed by atoms with Gasteiger partial charge in [0.15, 0.2) is 6.04 Å². The number of hydrogen-bond donors (Lipinski definition) is 7. The molecule has 4 aliphatic heterocycles. The lowest BCUT2D eigenvalue weighted by atomic mass is 9.95. The van der Waals surface area contributed by atoms with Crippen LogP contribution in [0, 0.1) is 0 Å². The molecule has 0 saturated carbocycles. The van der Waals surface area contributed by atoms with Crippen molar-refractivity contribution in [3.05, 3.63) is 106 Å². The Morgan fingerprint density at radius 3 is 1.68 bits per heavy atom. The number of β-lactam (4-membered cyclic amide) rings is 2. The van der Waals surface area contributed by atoms with E-state index in [1.165, 1.54) is 81.9 Å². The Morgan fingerprint density at radius 1 is 0.736 bits per heavy atom. The van der Waals surface area contributed by atoms with Gasteiger partial charge >= 0.3 is 5.97 Å². The van der Waals surface area contributed by atoms with E-state index in [0.29, 0.717) is 16.7 Å². The van der Waals surface area contributed by atoms with E-state index in [-0.39, 0.29) is 17.1 Å². The third kappa shape index (κ3) is 7.02. The summed E-state index contributed by atoms with van der Waals surface area (Å²) in [4.78, 5) is 82.7. The molecule has 8 atom stereocenters. The van der Waals surface area contributed by atoms with Crippen LogP contribution in [0.2, 0.25) is 0 Å². The average Bonchev–Trinajstić information content (AvgIpc) is 3.14. The smallest absolute Gasteiger partial charge is 0.331 e. The van der Waals surface area contributed by atoms with Gasteiger partial charge in [0.2, 0.25) is 29.5 Å². The first-order valence-corrected chi connectivity index (χ1v) is 18.3. The van der Waals surface area contributed by atoms with Crippen LogP contribution in [0.1, 0.15) is 37.1 Å². The second-order valence-electron chi connectivity index (χ2n) is 12.5. The van der Waals surface area contributed by atoms with Crippen LogP contribution in [0.3, 0.4) is 0 Å². The number of benzene rings is 2. The van der Waals surface area contributed by atoms with Crippen LogP contribution in [-0.2, 0) is 28.8 Å². The molecule has 4 heterocycles. The second kappa shape index (κ2) is 15.2. The fourth-order valence-electron chi connectivity index (χ4n) is 6.51. The molecule has 8 N–H and O–H groups in total. The molecule has 0 aliphatic carbocycles. The van der Waals surface area contributed by atoms with Crippen molar-refractivity contribution in [1.82, 2.24) is 25.8 Å². The highest BCUT2D eigenvalue weighted by Gasteiger charge is 2.57. The van der Waals surface area contributed by atoms with Crippen molar-refractivity contribution >= 4 is 59.0 Å². The summed E-state index contributed by atoms with van der Waals surface area (Å²) in [5.41, 5.74) is 7.67. The van der Waals surface area contributed by atoms with Crippen LogP contribution in [0.15, 0.2) is 94.8 Å². The van der Waals surface area contributed by atoms with E-state index in [0.717, 1.165) is 0 Å². The van der Waals surface area contributed by atoms with Crippen LogP contribution in [0.25, 0.3) is 0 Å². The predicted octanol–water partition coefficient (Wildman–Crippen LogP) is 1.50. The van der Waals surface area contributed by atoms with Gasteiger partial charge in [-0.25, -0.2) is 4.79 Å². The highest BCUT2D eigenvalue weighted by Crippen LogP contribution is 2.42. The highest BCUT2D eigenvalue weighted by molar-refractivity contribution is 8.03. The molecule has 2 saturated heterocycles. The standard InChI is InChI=1S/C36H36N6O9S2/c1-3-5-19-15-52-34-25(39-29(45)23(37)17-7-11-21(43)12-8-17)32(48)41(34)27(19)31(47)38-24(18-9-13-22(44)14-10-18)30(46)40-26-33(49)42-28(36(50)51)20(6-4-2)16-53-35(26)42/h3-16,23-28,34-35,43-44H,37H2,1-2H3,(H,38,47)(H,39,45)(H,40,46)(H,50,51)/b5-3+,6-4+/t23-,24-,25-,26+,27?,28?,34-,35+/m1/s1. The molecule has 0 radical (unpaired) electrons. The van der Waals surface area contributed by atoms with Crippen molar-refractivity contribution in [1.29, 1.82) is 0 Å². The van der Waals surface area contributed by atoms with Crippen molar-refractivity contribution in [3.8, 4) is 11.5 Å². The number of aromatic hydroxyl groups is 2. The lowest BCUT2D eigenvalue weighted by Crippen LogP contribution is -2.75. The minimum Gasteiger partial charge on any atom is -0.508 e. The number of carboxylic acids is 1. The second-order valence-corrected chi connectivity index (χ2v) is 14.5. The molecule has 276 valence electrons. The Labute approximate surface area is 312 Å². The minimum absolute atomic E-state index is 0.000542. The molecular weight excluding hydrogens is 725 g/mol. The van der Waals surface area contributed by atoms with Crippen molar-refractivity contribution in [2.24, 2.45) is 5.73 Å². The topological polar surface area (TPSA) is 232 Å². The fraction of sp³-hybridized carbons (Fsp3) is 0.278. The summed E-state index contributed by atoms with van der Waals surface area (Å²) in [6.07, 6.45) is 6.61. The molecule has 53 heavy (non-hydrogen) atoms. The van der Waals surface area contributed by atoms with Crippen LogP contribution < -0.4 is 21.7 Å². The van der Waals surface area contributed by atoms with Gasteiger partial charge in [-0.05, 0) is 71.2 Å². The van der Waals surface area contributed by atoms with Crippen molar-refractivity contribution < 1.29 is 44.1 Å². The molecule has 2 aromatic rings. The number of phenols is 2. The van der Waals surface area contributed by atoms with Crippen molar-refractivity contribution in [3.63, 3.8) is 0 Å². The summed E-state index contributed by atoms with van der Waals surface area (Å²) in [6.45, 7) is 3.46. The van der Waals surface area contributed by atoms with Gasteiger partial charge < -0.3 is 46.8 Å². The van der Waals surface area contributed by atoms with Crippen molar-refractivity contribution in [2.45, 2.75) is 60.8 Å². The summed E-state index contributed by atoms with van der Waals surface area (Å²) in [5.74, 6) is -4.62. The minimum atomic E-state index is -1.40. The Bertz CT molecular complexity index is 1970. The van der Waals surface area contributed by atoms with E-state index in [2.05, 4.69) is 16.0 Å². The molecule has 17 heteroatoms. The molecule has 0 aromatic heterocycles. The predicted molar refractivity (Wildman–Crippen MR) is 195 cm³/mol. The van der Waals surface area contributed by atoms with Gasteiger partial charge in [0.25, 0.3) is 0 Å². The number of carbonyl (C=O) groups is 6. The monoisotopic (exact) mass is 760 g/mol. The Hall–Kier alpha value is -5.52. The van der Waals surface area contributed by atoms with E-state index in [1.807, 2.05) is 0 Å². The zero-order valence-electron chi connectivity index (χ0n) is 28.3. The Balaban J connectivity index is 1.21. The molecule has 6 rings (SSSR count). The number of phenolic OH excluding ortho intramolecular Hbond substituents is 2. The third-order valence-corrected chi connectivity index (χ3v) is 11.5. The first kappa shape index (κ1) is 37.2. The van der Waals surface area contributed by atoms with Gasteiger partial charge in [0, 0.05) is 0 Å². The normalized spacial score (nSPS) is 25.9. The molecule has 2 fully saturated rings. The number of carboxylic acid groups (broad SMARTS) is 1. The Kier molecular flexibility index (Phi) is 10.7. The summed E-state index contributed by atoms with van der Waals surface area (Å²) >= 11 is 2.41. The van der Waals surface area contributed by atoms with Crippen molar-refractivity contribution in [2.75, 3.05) is 0 Å². The molecule has 2 aromatic carbocycles. The summed E-state index contributed by atoms with van der Waals surface area (Å²) < 4.78 is 0. The Morgan fingerprint density at radius 2 is 1.19 bits per heavy atom. The number of hydrogen-bond acceptors (Lipinski definition) is 11. The number of fused-ring (bicyclic) bond motifs is 2. The van der Waals surface area contributed by atoms with Crippen LogP contribution in [0.5, 0.6) is 11.5 Å². The molecule has 0 spiro atoms. The van der Waals surface area contributed by atoms with E-state index in [1.54, 1.807) is 49.0 Å². The maximum Gasteiger partial charge on any atom is 0.331 e. The fourth-order valence-corrected chi connectivity index (χ4v) is 8.91. The SMILES string of the molecule is C/C=C/C1=CS[C@@H]2[C@H](NC(=O)[C@H](N)c3ccc(O)cc3)C(=O)N2C1C(=O)N[C@@H](C(=O)N[C@H]1C(=O)N2C(C(=O)O)C(/C=C/C)=CS[C@@H]12)c1ccc(O)cc1. The first-order valence-electron chi connectivity index (χ1n) is 16.4. The molecule has 0 bridgehead atoms. The maximum absolute atomic E-state index is 14.2. The van der Waals surface area contributed by atoms with Crippen LogP contribution in [0.4, 0.5) is 0 Å². The molecule has 2 unspecified atom stereocenters. The first-order chi connectivity index (χ1) is 25.4. The summed E-state index contributed by atoms with van der Waals surface area (Å²) in [5, 5.41) is 39.4. The zero-order chi connectivity index (χ0) is 38.1. The number of rotatable bonds is 11. The van der Waals surface area contributed by atoms with Gasteiger partial charge in [0.05, 0.1) is 0 Å². The summed E-state index contributed by atoms with van der Waals surface area (Å²) in [7, 11) is 0. The molecule has 15 nitrogen and oxygen atoms in total. The van der Waals surface area contributed by atoms with Gasteiger partial charge in [0.1, 0.15) is 52.5 Å². The average molecular weight is 761 g/mol. The zero-order valence-corrected chi connectivity index (χ0v) is 29.9. The highest BCUT2D eigenvalue weighted by atomic mass is 32.2. The number of allylic oxidation sites excluding steroid dienone is 2. The van der Waals surface area contributed by atoms with Crippen LogP contribution >= 0.6 is 23.5 Å². The van der Waals surface area contributed by atoms with Gasteiger partial charge in [-0.1, -0.05) is 48.6 Å². The number of nitrogens with two attached hydrogens (primary N) is 1. The maximum atomic E-state index is 14.2. The van der Waals surface area contributed by atoms with E-state index < -0.39 is 82.5 Å². The van der Waals surface area contributed by atoms with E-state index in [4.69, 9.17) is 5.73 Å². The van der Waals surface area contributed by atoms with E-state index >= 15 is 0 Å². The van der Waals surface area contributed by atoms with E-state index in [9.17, 15) is 44.1 Å². The molecule has 5 amide bonds. The number of amides is 5. The lowest BCUT2D eigenvalue weighted by Gasteiger charge is -2.52. The third-order valence-electron chi connectivity index (χ3n) is 9.14. The number of nitrogens with zero attached hydrogens (tertiary/aromatic N) is 2. The lowest BCUT2D eigenvalue weighted by molar-refractivity contribution is -0.160. The van der Waals surface area contributed by atoms with Gasteiger partial charge in [-0.15, -0.1) is 23.5 Å². The summed E-state index contributed by atoms with van der Waals surface area (Å²) in [6, 6.07) is 4.18. The van der Waals surface area contributed by atoms with Gasteiger partial charge in [-0.3, -0.25) is 24.0 Å².